The zero-order valence-corrected chi connectivity index (χ0v) is 16.2. The number of benzene rings is 2. The van der Waals surface area contributed by atoms with Gasteiger partial charge >= 0.3 is 0 Å². The van der Waals surface area contributed by atoms with Gasteiger partial charge in [-0.05, 0) is 19.4 Å². The molecular weight excluding hydrogens is 342 g/mol. The Morgan fingerprint density at radius 2 is 1.63 bits per heavy atom. The highest BCUT2D eigenvalue weighted by molar-refractivity contribution is 5.93. The lowest BCUT2D eigenvalue weighted by molar-refractivity contribution is 0.198. The molecule has 0 saturated heterocycles. The number of nitrogens with zero attached hydrogens (tertiary/aromatic N) is 2. The summed E-state index contributed by atoms with van der Waals surface area (Å²) in [6.45, 7) is 3.50. The third-order valence-electron chi connectivity index (χ3n) is 4.33. The fraction of sp³-hybridized carbons (Fsp3) is 0.333. The summed E-state index contributed by atoms with van der Waals surface area (Å²) in [5.74, 6) is 2.73. The molecule has 0 spiro atoms. The highest BCUT2D eigenvalue weighted by Crippen LogP contribution is 2.35. The Morgan fingerprint density at radius 3 is 2.30 bits per heavy atom. The molecule has 0 saturated carbocycles. The molecule has 1 heterocycles. The summed E-state index contributed by atoms with van der Waals surface area (Å²) in [5.41, 5.74) is 2.97. The van der Waals surface area contributed by atoms with Gasteiger partial charge in [-0.1, -0.05) is 29.8 Å². The van der Waals surface area contributed by atoms with Crippen LogP contribution >= 0.6 is 0 Å². The molecular formula is C21H25N3O3. The Labute approximate surface area is 159 Å². The van der Waals surface area contributed by atoms with E-state index in [0.29, 0.717) is 23.9 Å². The summed E-state index contributed by atoms with van der Waals surface area (Å²) in [4.78, 5) is 9.52. The van der Waals surface area contributed by atoms with E-state index in [2.05, 4.69) is 24.4 Å². The molecule has 3 rings (SSSR count). The van der Waals surface area contributed by atoms with Crippen LogP contribution in [0.3, 0.4) is 0 Å². The van der Waals surface area contributed by atoms with Gasteiger partial charge in [-0.25, -0.2) is 9.97 Å². The minimum atomic E-state index is 0.642. The van der Waals surface area contributed by atoms with Crippen LogP contribution in [0.1, 0.15) is 12.0 Å². The van der Waals surface area contributed by atoms with Gasteiger partial charge in [-0.2, -0.15) is 0 Å². The number of fused-ring (bicyclic) bond motifs is 1. The van der Waals surface area contributed by atoms with Crippen LogP contribution in [0, 0.1) is 6.92 Å². The number of ether oxygens (including phenoxy) is 3. The Kier molecular flexibility index (Phi) is 6.08. The van der Waals surface area contributed by atoms with Crippen LogP contribution in [0.5, 0.6) is 11.5 Å². The van der Waals surface area contributed by atoms with Crippen LogP contribution in [-0.2, 0) is 4.74 Å². The molecule has 6 nitrogen and oxygen atoms in total. The molecule has 27 heavy (non-hydrogen) atoms. The zero-order chi connectivity index (χ0) is 19.2. The van der Waals surface area contributed by atoms with Crippen LogP contribution < -0.4 is 14.8 Å². The van der Waals surface area contributed by atoms with E-state index in [1.807, 2.05) is 24.3 Å². The number of rotatable bonds is 8. The van der Waals surface area contributed by atoms with Crippen LogP contribution in [0.25, 0.3) is 22.3 Å². The van der Waals surface area contributed by atoms with Crippen molar-refractivity contribution in [2.75, 3.05) is 39.8 Å². The Morgan fingerprint density at radius 1 is 0.926 bits per heavy atom. The van der Waals surface area contributed by atoms with E-state index in [-0.39, 0.29) is 0 Å². The average molecular weight is 367 g/mol. The number of aromatic nitrogens is 2. The maximum absolute atomic E-state index is 5.44. The van der Waals surface area contributed by atoms with E-state index in [0.717, 1.165) is 35.2 Å². The van der Waals surface area contributed by atoms with Gasteiger partial charge in [0, 0.05) is 37.3 Å². The van der Waals surface area contributed by atoms with E-state index < -0.39 is 0 Å². The molecule has 142 valence electrons. The first-order valence-electron chi connectivity index (χ1n) is 8.90. The molecule has 0 atom stereocenters. The molecule has 0 unspecified atom stereocenters. The predicted octanol–water partition coefficient (Wildman–Crippen LogP) is 4.07. The Hall–Kier alpha value is -2.86. The lowest BCUT2D eigenvalue weighted by atomic mass is 10.1. The van der Waals surface area contributed by atoms with Gasteiger partial charge in [-0.15, -0.1) is 0 Å². The summed E-state index contributed by atoms with van der Waals surface area (Å²) in [7, 11) is 4.94. The quantitative estimate of drug-likeness (QED) is 0.606. The second kappa shape index (κ2) is 8.68. The van der Waals surface area contributed by atoms with Crippen LogP contribution in [0.2, 0.25) is 0 Å². The maximum Gasteiger partial charge on any atom is 0.162 e. The molecule has 0 radical (unpaired) electrons. The number of hydrogen-bond acceptors (Lipinski definition) is 6. The summed E-state index contributed by atoms with van der Waals surface area (Å²) < 4.78 is 16.0. The third kappa shape index (κ3) is 4.28. The molecule has 1 N–H and O–H groups in total. The Bertz CT molecular complexity index is 911. The van der Waals surface area contributed by atoms with Crippen molar-refractivity contribution < 1.29 is 14.2 Å². The van der Waals surface area contributed by atoms with Crippen LogP contribution in [0.15, 0.2) is 36.4 Å². The number of anilines is 1. The highest BCUT2D eigenvalue weighted by atomic mass is 16.5. The van der Waals surface area contributed by atoms with Crippen LogP contribution in [-0.4, -0.2) is 44.4 Å². The van der Waals surface area contributed by atoms with Crippen molar-refractivity contribution in [3.8, 4) is 22.9 Å². The smallest absolute Gasteiger partial charge is 0.162 e. The van der Waals surface area contributed by atoms with Gasteiger partial charge in [-0.3, -0.25) is 0 Å². The van der Waals surface area contributed by atoms with Crippen molar-refractivity contribution in [3.05, 3.63) is 42.0 Å². The van der Waals surface area contributed by atoms with Gasteiger partial charge in [0.25, 0.3) is 0 Å². The van der Waals surface area contributed by atoms with Crippen molar-refractivity contribution >= 4 is 16.7 Å². The molecule has 1 aromatic heterocycles. The topological polar surface area (TPSA) is 65.5 Å². The van der Waals surface area contributed by atoms with Gasteiger partial charge in [0.2, 0.25) is 0 Å². The first-order chi connectivity index (χ1) is 13.2. The molecule has 0 aliphatic carbocycles. The normalized spacial score (nSPS) is 10.8. The SMILES string of the molecule is COCCCNc1nc(-c2ccc(C)cc2)nc2cc(OC)c(OC)cc12. The van der Waals surface area contributed by atoms with Crippen molar-refractivity contribution in [1.29, 1.82) is 0 Å². The monoisotopic (exact) mass is 367 g/mol. The Balaban J connectivity index is 2.09. The fourth-order valence-electron chi connectivity index (χ4n) is 2.85. The van der Waals surface area contributed by atoms with E-state index in [1.165, 1.54) is 5.56 Å². The summed E-state index contributed by atoms with van der Waals surface area (Å²) in [6, 6.07) is 12.0. The van der Waals surface area contributed by atoms with Gasteiger partial charge < -0.3 is 19.5 Å². The van der Waals surface area contributed by atoms with E-state index in [4.69, 9.17) is 24.2 Å². The van der Waals surface area contributed by atoms with E-state index in [9.17, 15) is 0 Å². The molecule has 2 aromatic carbocycles. The van der Waals surface area contributed by atoms with Crippen molar-refractivity contribution in [1.82, 2.24) is 9.97 Å². The second-order valence-corrected chi connectivity index (χ2v) is 6.26. The van der Waals surface area contributed by atoms with Crippen molar-refractivity contribution in [3.63, 3.8) is 0 Å². The van der Waals surface area contributed by atoms with Gasteiger partial charge in [0.05, 0.1) is 19.7 Å². The highest BCUT2D eigenvalue weighted by Gasteiger charge is 2.14. The molecule has 0 aliphatic rings. The molecule has 0 fully saturated rings. The molecule has 6 heteroatoms. The summed E-state index contributed by atoms with van der Waals surface area (Å²) >= 11 is 0. The minimum Gasteiger partial charge on any atom is -0.493 e. The van der Waals surface area contributed by atoms with Crippen LogP contribution in [0.4, 0.5) is 5.82 Å². The number of nitrogens with one attached hydrogen (secondary N) is 1. The second-order valence-electron chi connectivity index (χ2n) is 6.26. The summed E-state index contributed by atoms with van der Waals surface area (Å²) in [6.07, 6.45) is 0.884. The zero-order valence-electron chi connectivity index (χ0n) is 16.2. The average Bonchev–Trinajstić information content (AvgIpc) is 2.70. The molecule has 0 bridgehead atoms. The predicted molar refractivity (Wildman–Crippen MR) is 108 cm³/mol. The number of methoxy groups -OCH3 is 3. The first-order valence-corrected chi connectivity index (χ1v) is 8.90. The summed E-state index contributed by atoms with van der Waals surface area (Å²) in [5, 5.41) is 4.30. The molecule has 0 aliphatic heterocycles. The third-order valence-corrected chi connectivity index (χ3v) is 4.33. The lowest BCUT2D eigenvalue weighted by Gasteiger charge is -2.14. The lowest BCUT2D eigenvalue weighted by Crippen LogP contribution is -2.08. The molecule has 0 amide bonds. The minimum absolute atomic E-state index is 0.642. The van der Waals surface area contributed by atoms with Gasteiger partial charge in [0.1, 0.15) is 5.82 Å². The van der Waals surface area contributed by atoms with Crippen molar-refractivity contribution in [2.24, 2.45) is 0 Å². The van der Waals surface area contributed by atoms with Gasteiger partial charge in [0.15, 0.2) is 17.3 Å². The van der Waals surface area contributed by atoms with Crippen molar-refractivity contribution in [2.45, 2.75) is 13.3 Å². The fourth-order valence-corrected chi connectivity index (χ4v) is 2.85. The largest absolute Gasteiger partial charge is 0.493 e. The maximum atomic E-state index is 5.44. The standard InChI is InChI=1S/C21H25N3O3/c1-14-6-8-15(9-7-14)20-23-17-13-19(27-4)18(26-3)12-16(17)21(24-20)22-10-5-11-25-2/h6-9,12-13H,5,10-11H2,1-4H3,(H,22,23,24). The molecule has 3 aromatic rings. The number of aryl methyl sites for hydroxylation is 1. The first kappa shape index (κ1) is 18.9. The van der Waals surface area contributed by atoms with E-state index in [1.54, 1.807) is 21.3 Å². The van der Waals surface area contributed by atoms with E-state index >= 15 is 0 Å². The number of hydrogen-bond donors (Lipinski definition) is 1.